The maximum absolute atomic E-state index is 2.31. The van der Waals surface area contributed by atoms with Gasteiger partial charge in [-0.2, -0.15) is 6.07 Å². The Balaban J connectivity index is 0.000000146. The summed E-state index contributed by atoms with van der Waals surface area (Å²) in [7, 11) is 0.0576. The van der Waals surface area contributed by atoms with E-state index in [2.05, 4.69) is 104 Å². The molecular formula is C24H21PTi. The summed E-state index contributed by atoms with van der Waals surface area (Å²) in [4.78, 5) is 0. The zero-order chi connectivity index (χ0) is 17.2. The summed E-state index contributed by atoms with van der Waals surface area (Å²) in [5, 5.41) is 9.65. The molecule has 0 saturated heterocycles. The van der Waals surface area contributed by atoms with E-state index >= 15 is 0 Å². The first-order valence-electron chi connectivity index (χ1n) is 8.58. The first-order valence-corrected chi connectivity index (χ1v) is 10.8. The number of fused-ring (bicyclic) bond motifs is 4. The molecule has 5 aromatic rings. The summed E-state index contributed by atoms with van der Waals surface area (Å²) >= 11 is 0. The van der Waals surface area contributed by atoms with Crippen LogP contribution in [-0.2, 0) is 21.7 Å². The molecular weight excluding hydrogens is 367 g/mol. The van der Waals surface area contributed by atoms with E-state index in [1.54, 1.807) is 0 Å². The standard InChI is InChI=1S/C13H9.C11H12P.Ti/c1-3-7-12-10(5-1)9-11-6-2-4-8-13(11)12;1-12(2)11-7-9-5-3-4-6-10(9)8-11;/h1-9H;3-8H,1-2H3;/q2*-1;+2. The van der Waals surface area contributed by atoms with Crippen LogP contribution in [0.15, 0.2) is 91.0 Å². The van der Waals surface area contributed by atoms with E-state index in [9.17, 15) is 0 Å². The van der Waals surface area contributed by atoms with Crippen molar-refractivity contribution < 1.29 is 21.7 Å². The summed E-state index contributed by atoms with van der Waals surface area (Å²) in [6, 6.07) is 32.4. The van der Waals surface area contributed by atoms with Crippen LogP contribution < -0.4 is 5.30 Å². The average molecular weight is 388 g/mol. The van der Waals surface area contributed by atoms with Crippen LogP contribution in [0.3, 0.4) is 0 Å². The van der Waals surface area contributed by atoms with Crippen LogP contribution in [0.2, 0.25) is 0 Å². The first kappa shape index (κ1) is 19.1. The largest absolute Gasteiger partial charge is 2.00 e. The molecule has 5 aromatic carbocycles. The van der Waals surface area contributed by atoms with E-state index in [4.69, 9.17) is 0 Å². The van der Waals surface area contributed by atoms with Gasteiger partial charge in [-0.1, -0.05) is 42.5 Å². The van der Waals surface area contributed by atoms with E-state index in [0.717, 1.165) is 0 Å². The number of hydrogen-bond acceptors (Lipinski definition) is 0. The van der Waals surface area contributed by atoms with Gasteiger partial charge in [0.2, 0.25) is 0 Å². The minimum absolute atomic E-state index is 0. The van der Waals surface area contributed by atoms with Gasteiger partial charge >= 0.3 is 21.7 Å². The maximum Gasteiger partial charge on any atom is 2.00 e. The second-order valence-corrected chi connectivity index (χ2v) is 8.86. The Kier molecular flexibility index (Phi) is 6.10. The molecule has 26 heavy (non-hydrogen) atoms. The molecule has 2 heteroatoms. The molecule has 0 spiro atoms. The molecule has 126 valence electrons. The van der Waals surface area contributed by atoms with Gasteiger partial charge < -0.3 is 0 Å². The van der Waals surface area contributed by atoms with Gasteiger partial charge in [0.15, 0.2) is 0 Å². The second-order valence-electron chi connectivity index (χ2n) is 6.56. The molecule has 0 nitrogen and oxygen atoms in total. The molecule has 0 radical (unpaired) electrons. The predicted molar refractivity (Wildman–Crippen MR) is 115 cm³/mol. The van der Waals surface area contributed by atoms with Gasteiger partial charge in [0, 0.05) is 0 Å². The first-order chi connectivity index (χ1) is 12.2. The topological polar surface area (TPSA) is 0 Å². The van der Waals surface area contributed by atoms with Crippen LogP contribution in [0.25, 0.3) is 32.3 Å². The van der Waals surface area contributed by atoms with Crippen LogP contribution in [0.4, 0.5) is 0 Å². The van der Waals surface area contributed by atoms with Crippen molar-refractivity contribution in [3.8, 4) is 0 Å². The van der Waals surface area contributed by atoms with Gasteiger partial charge in [-0.3, -0.25) is 0 Å². The summed E-state index contributed by atoms with van der Waals surface area (Å²) in [5.41, 5.74) is 0. The Morgan fingerprint density at radius 1 is 0.615 bits per heavy atom. The fourth-order valence-electron chi connectivity index (χ4n) is 3.30. The van der Waals surface area contributed by atoms with Gasteiger partial charge in [-0.05, 0) is 13.3 Å². The van der Waals surface area contributed by atoms with Crippen LogP contribution in [0.5, 0.6) is 0 Å². The molecule has 0 aromatic heterocycles. The van der Waals surface area contributed by atoms with E-state index < -0.39 is 0 Å². The van der Waals surface area contributed by atoms with Crippen LogP contribution in [0, 0.1) is 0 Å². The smallest absolute Gasteiger partial charge is 0.161 e. The minimum Gasteiger partial charge on any atom is -0.161 e. The quantitative estimate of drug-likeness (QED) is 0.172. The summed E-state index contributed by atoms with van der Waals surface area (Å²) in [6.45, 7) is 4.59. The maximum atomic E-state index is 2.31. The van der Waals surface area contributed by atoms with Crippen molar-refractivity contribution in [1.82, 2.24) is 0 Å². The fourth-order valence-corrected chi connectivity index (χ4v) is 4.09. The Morgan fingerprint density at radius 3 is 1.65 bits per heavy atom. The molecule has 0 saturated carbocycles. The summed E-state index contributed by atoms with van der Waals surface area (Å²) in [6.07, 6.45) is 0. The molecule has 0 bridgehead atoms. The Morgan fingerprint density at radius 2 is 1.12 bits per heavy atom. The molecule has 0 unspecified atom stereocenters. The number of benzene rings is 3. The predicted octanol–water partition coefficient (Wildman–Crippen LogP) is 6.63. The average Bonchev–Trinajstić information content (AvgIpc) is 3.24. The van der Waals surface area contributed by atoms with E-state index in [1.165, 1.54) is 37.6 Å². The number of rotatable bonds is 1. The van der Waals surface area contributed by atoms with Crippen molar-refractivity contribution in [3.05, 3.63) is 91.0 Å². The third kappa shape index (κ3) is 3.84. The molecule has 0 aliphatic heterocycles. The molecule has 0 fully saturated rings. The fraction of sp³-hybridized carbons (Fsp3) is 0.0833. The SMILES string of the molecule is CP(C)c1cc2ccccc2[cH-]1.[Ti+2].c1ccc2c(c1)[cH-]c1ccccc12. The van der Waals surface area contributed by atoms with Crippen LogP contribution >= 0.6 is 7.92 Å². The van der Waals surface area contributed by atoms with Crippen molar-refractivity contribution >= 4 is 45.5 Å². The third-order valence-electron chi connectivity index (χ3n) is 4.64. The summed E-state index contributed by atoms with van der Waals surface area (Å²) < 4.78 is 0. The zero-order valence-electron chi connectivity index (χ0n) is 15.1. The van der Waals surface area contributed by atoms with Crippen molar-refractivity contribution in [2.45, 2.75) is 0 Å². The van der Waals surface area contributed by atoms with E-state index in [-0.39, 0.29) is 29.6 Å². The molecule has 0 aliphatic rings. The minimum atomic E-state index is 0. The van der Waals surface area contributed by atoms with Crippen molar-refractivity contribution in [3.63, 3.8) is 0 Å². The molecule has 0 aliphatic carbocycles. The van der Waals surface area contributed by atoms with Gasteiger partial charge in [0.1, 0.15) is 0 Å². The normalized spacial score (nSPS) is 10.7. The van der Waals surface area contributed by atoms with E-state index in [1.807, 2.05) is 0 Å². The molecule has 0 N–H and O–H groups in total. The Hall–Kier alpha value is -1.72. The summed E-state index contributed by atoms with van der Waals surface area (Å²) in [5.74, 6) is 0. The number of hydrogen-bond donors (Lipinski definition) is 0. The second kappa shape index (κ2) is 8.32. The Labute approximate surface area is 171 Å². The van der Waals surface area contributed by atoms with E-state index in [0.29, 0.717) is 0 Å². The van der Waals surface area contributed by atoms with Gasteiger partial charge in [0.05, 0.1) is 0 Å². The van der Waals surface area contributed by atoms with Crippen molar-refractivity contribution in [1.29, 1.82) is 0 Å². The third-order valence-corrected chi connectivity index (χ3v) is 5.93. The Bertz CT molecular complexity index is 1050. The molecule has 0 atom stereocenters. The van der Waals surface area contributed by atoms with Crippen molar-refractivity contribution in [2.24, 2.45) is 0 Å². The van der Waals surface area contributed by atoms with Gasteiger partial charge in [0.25, 0.3) is 0 Å². The zero-order valence-corrected chi connectivity index (χ0v) is 17.6. The van der Waals surface area contributed by atoms with Crippen LogP contribution in [0.1, 0.15) is 0 Å². The van der Waals surface area contributed by atoms with Crippen LogP contribution in [-0.4, -0.2) is 13.3 Å². The molecule has 5 rings (SSSR count). The molecule has 0 heterocycles. The molecule has 0 amide bonds. The van der Waals surface area contributed by atoms with Gasteiger partial charge in [-0.25, -0.2) is 0 Å². The van der Waals surface area contributed by atoms with Gasteiger partial charge in [-0.15, -0.1) is 88.0 Å². The van der Waals surface area contributed by atoms with Crippen molar-refractivity contribution in [2.75, 3.05) is 13.3 Å². The monoisotopic (exact) mass is 388 g/mol.